The molecule has 1 aliphatic heterocycles. The van der Waals surface area contributed by atoms with Crippen molar-refractivity contribution in [3.8, 4) is 0 Å². The fourth-order valence-corrected chi connectivity index (χ4v) is 1.85. The lowest BCUT2D eigenvalue weighted by Gasteiger charge is -2.42. The molecule has 0 aliphatic carbocycles. The number of likely N-dealkylation sites (N-methyl/N-ethyl adjacent to an activating group) is 1. The van der Waals surface area contributed by atoms with E-state index in [4.69, 9.17) is 5.73 Å². The smallest absolute Gasteiger partial charge is 0.236 e. The molecule has 1 unspecified atom stereocenters. The maximum absolute atomic E-state index is 11.6. The lowest BCUT2D eigenvalue weighted by molar-refractivity contribution is -0.133. The predicted molar refractivity (Wildman–Crippen MR) is 56.9 cm³/mol. The van der Waals surface area contributed by atoms with Gasteiger partial charge in [0.15, 0.2) is 0 Å². The quantitative estimate of drug-likeness (QED) is 0.647. The average Bonchev–Trinajstić information content (AvgIpc) is 2.10. The average molecular weight is 199 g/mol. The van der Waals surface area contributed by atoms with Crippen LogP contribution in [0.25, 0.3) is 0 Å². The van der Waals surface area contributed by atoms with E-state index in [0.29, 0.717) is 6.54 Å². The Labute approximate surface area is 85.8 Å². The molecule has 0 aromatic carbocycles. The molecule has 1 rings (SSSR count). The molecule has 0 aromatic heterocycles. The van der Waals surface area contributed by atoms with Crippen molar-refractivity contribution in [2.75, 3.05) is 26.7 Å². The lowest BCUT2D eigenvalue weighted by atomic mass is 9.80. The van der Waals surface area contributed by atoms with Crippen LogP contribution in [-0.4, -0.2) is 43.5 Å². The first-order valence-electron chi connectivity index (χ1n) is 5.15. The van der Waals surface area contributed by atoms with Gasteiger partial charge < -0.3 is 16.0 Å². The van der Waals surface area contributed by atoms with Crippen LogP contribution in [0.3, 0.4) is 0 Å². The molecule has 0 aromatic rings. The number of nitrogens with one attached hydrogen (secondary N) is 1. The summed E-state index contributed by atoms with van der Waals surface area (Å²) in [5.41, 5.74) is 6.04. The van der Waals surface area contributed by atoms with E-state index in [-0.39, 0.29) is 17.4 Å². The van der Waals surface area contributed by atoms with Crippen LogP contribution in [0, 0.1) is 5.41 Å². The highest BCUT2D eigenvalue weighted by Gasteiger charge is 2.34. The summed E-state index contributed by atoms with van der Waals surface area (Å²) in [5.74, 6) is 0.174. The highest BCUT2D eigenvalue weighted by molar-refractivity contribution is 5.78. The molecule has 14 heavy (non-hydrogen) atoms. The summed E-state index contributed by atoms with van der Waals surface area (Å²) in [6, 6.07) is 0.209. The zero-order chi connectivity index (χ0) is 10.8. The molecule has 0 radical (unpaired) electrons. The second-order valence-electron chi connectivity index (χ2n) is 4.73. The fourth-order valence-electron chi connectivity index (χ4n) is 1.85. The zero-order valence-corrected chi connectivity index (χ0v) is 9.34. The standard InChI is InChI=1S/C10H21N3O/c1-10(2)7-13(5-4-8(10)11)9(14)6-12-3/h8,12H,4-7,11H2,1-3H3. The Bertz CT molecular complexity index is 215. The van der Waals surface area contributed by atoms with Crippen LogP contribution < -0.4 is 11.1 Å². The van der Waals surface area contributed by atoms with Gasteiger partial charge in [0.1, 0.15) is 0 Å². The number of carbonyl (C=O) groups excluding carboxylic acids is 1. The van der Waals surface area contributed by atoms with Gasteiger partial charge in [-0.3, -0.25) is 4.79 Å². The van der Waals surface area contributed by atoms with Gasteiger partial charge in [0.25, 0.3) is 0 Å². The number of nitrogens with zero attached hydrogens (tertiary/aromatic N) is 1. The molecule has 1 aliphatic rings. The van der Waals surface area contributed by atoms with E-state index in [1.807, 2.05) is 4.90 Å². The normalized spacial score (nSPS) is 26.3. The summed E-state index contributed by atoms with van der Waals surface area (Å²) >= 11 is 0. The minimum absolute atomic E-state index is 0.0433. The molecule has 4 nitrogen and oxygen atoms in total. The highest BCUT2D eigenvalue weighted by Crippen LogP contribution is 2.27. The summed E-state index contributed by atoms with van der Waals surface area (Å²) in [7, 11) is 1.79. The zero-order valence-electron chi connectivity index (χ0n) is 9.34. The Morgan fingerprint density at radius 1 is 1.64 bits per heavy atom. The number of hydrogen-bond donors (Lipinski definition) is 2. The molecule has 82 valence electrons. The Kier molecular flexibility index (Phi) is 3.50. The minimum Gasteiger partial charge on any atom is -0.341 e. The van der Waals surface area contributed by atoms with Crippen molar-refractivity contribution in [3.63, 3.8) is 0 Å². The van der Waals surface area contributed by atoms with Crippen LogP contribution in [0.4, 0.5) is 0 Å². The first-order valence-corrected chi connectivity index (χ1v) is 5.15. The summed E-state index contributed by atoms with van der Waals surface area (Å²) in [6.45, 7) is 6.23. The first-order chi connectivity index (χ1) is 6.47. The molecule has 4 heteroatoms. The van der Waals surface area contributed by atoms with Crippen molar-refractivity contribution in [1.82, 2.24) is 10.2 Å². The van der Waals surface area contributed by atoms with Gasteiger partial charge in [0, 0.05) is 19.1 Å². The molecule has 0 bridgehead atoms. The van der Waals surface area contributed by atoms with E-state index < -0.39 is 0 Å². The van der Waals surface area contributed by atoms with Crippen molar-refractivity contribution in [2.45, 2.75) is 26.3 Å². The maximum Gasteiger partial charge on any atom is 0.236 e. The van der Waals surface area contributed by atoms with Gasteiger partial charge in [-0.2, -0.15) is 0 Å². The third-order valence-electron chi connectivity index (χ3n) is 2.99. The summed E-state index contributed by atoms with van der Waals surface area (Å²) < 4.78 is 0. The van der Waals surface area contributed by atoms with Gasteiger partial charge in [0.05, 0.1) is 6.54 Å². The van der Waals surface area contributed by atoms with Crippen LogP contribution in [0.2, 0.25) is 0 Å². The second-order valence-corrected chi connectivity index (χ2v) is 4.73. The van der Waals surface area contributed by atoms with Crippen LogP contribution in [0.5, 0.6) is 0 Å². The summed E-state index contributed by atoms with van der Waals surface area (Å²) in [6.07, 6.45) is 0.905. The molecular formula is C10H21N3O. The summed E-state index contributed by atoms with van der Waals surface area (Å²) in [5, 5.41) is 2.88. The van der Waals surface area contributed by atoms with E-state index >= 15 is 0 Å². The van der Waals surface area contributed by atoms with Gasteiger partial charge in [-0.25, -0.2) is 0 Å². The third-order valence-corrected chi connectivity index (χ3v) is 2.99. The number of rotatable bonds is 2. The molecule has 1 saturated heterocycles. The Morgan fingerprint density at radius 2 is 2.29 bits per heavy atom. The number of hydrogen-bond acceptors (Lipinski definition) is 3. The van der Waals surface area contributed by atoms with Crippen LogP contribution in [-0.2, 0) is 4.79 Å². The predicted octanol–water partition coefficient (Wildman–Crippen LogP) is -0.208. The number of likely N-dealkylation sites (tertiary alicyclic amines) is 1. The van der Waals surface area contributed by atoms with Gasteiger partial charge in [-0.1, -0.05) is 13.8 Å². The van der Waals surface area contributed by atoms with E-state index in [9.17, 15) is 4.79 Å². The largest absolute Gasteiger partial charge is 0.341 e. The fraction of sp³-hybridized carbons (Fsp3) is 0.900. The maximum atomic E-state index is 11.6. The van der Waals surface area contributed by atoms with Crippen molar-refractivity contribution < 1.29 is 4.79 Å². The number of carbonyl (C=O) groups is 1. The first kappa shape index (κ1) is 11.5. The van der Waals surface area contributed by atoms with E-state index in [0.717, 1.165) is 19.5 Å². The molecule has 0 spiro atoms. The molecular weight excluding hydrogens is 178 g/mol. The topological polar surface area (TPSA) is 58.4 Å². The third kappa shape index (κ3) is 2.45. The van der Waals surface area contributed by atoms with Crippen LogP contribution in [0.1, 0.15) is 20.3 Å². The SMILES string of the molecule is CNCC(=O)N1CCC(N)C(C)(C)C1. The van der Waals surface area contributed by atoms with Crippen molar-refractivity contribution >= 4 is 5.91 Å². The van der Waals surface area contributed by atoms with E-state index in [1.165, 1.54) is 0 Å². The monoisotopic (exact) mass is 199 g/mol. The van der Waals surface area contributed by atoms with E-state index in [1.54, 1.807) is 7.05 Å². The second kappa shape index (κ2) is 4.28. The van der Waals surface area contributed by atoms with Gasteiger partial charge in [-0.05, 0) is 18.9 Å². The Morgan fingerprint density at radius 3 is 2.79 bits per heavy atom. The molecule has 1 fully saturated rings. The van der Waals surface area contributed by atoms with Crippen molar-refractivity contribution in [1.29, 1.82) is 0 Å². The molecule has 1 amide bonds. The van der Waals surface area contributed by atoms with Crippen LogP contribution >= 0.6 is 0 Å². The van der Waals surface area contributed by atoms with Gasteiger partial charge in [-0.15, -0.1) is 0 Å². The highest BCUT2D eigenvalue weighted by atomic mass is 16.2. The Balaban J connectivity index is 2.55. The number of piperidine rings is 1. The van der Waals surface area contributed by atoms with Crippen molar-refractivity contribution in [2.24, 2.45) is 11.1 Å². The minimum atomic E-state index is 0.0433. The van der Waals surface area contributed by atoms with Gasteiger partial charge in [0.2, 0.25) is 5.91 Å². The molecule has 1 atom stereocenters. The molecule has 0 saturated carbocycles. The Hall–Kier alpha value is -0.610. The van der Waals surface area contributed by atoms with E-state index in [2.05, 4.69) is 19.2 Å². The van der Waals surface area contributed by atoms with Crippen molar-refractivity contribution in [3.05, 3.63) is 0 Å². The number of nitrogens with two attached hydrogens (primary N) is 1. The lowest BCUT2D eigenvalue weighted by Crippen LogP contribution is -2.55. The van der Waals surface area contributed by atoms with Gasteiger partial charge >= 0.3 is 0 Å². The van der Waals surface area contributed by atoms with Crippen LogP contribution in [0.15, 0.2) is 0 Å². The molecule has 1 heterocycles. The number of amides is 1. The molecule has 3 N–H and O–H groups in total. The summed E-state index contributed by atoms with van der Waals surface area (Å²) in [4.78, 5) is 13.5.